The molecule has 5 rings (SSSR count). The van der Waals surface area contributed by atoms with Crippen molar-refractivity contribution in [1.29, 1.82) is 0 Å². The summed E-state index contributed by atoms with van der Waals surface area (Å²) in [5, 5.41) is 11.5. The molecule has 2 aliphatic rings. The fourth-order valence-electron chi connectivity index (χ4n) is 5.08. The fourth-order valence-corrected chi connectivity index (χ4v) is 6.11. The van der Waals surface area contributed by atoms with Crippen LogP contribution in [0, 0.1) is 10.1 Å². The molecule has 1 fully saturated rings. The van der Waals surface area contributed by atoms with Gasteiger partial charge in [0, 0.05) is 36.5 Å². The Bertz CT molecular complexity index is 1670. The number of fused-ring (bicyclic) bond motifs is 1. The molecule has 1 aromatic heterocycles. The van der Waals surface area contributed by atoms with Crippen molar-refractivity contribution in [3.05, 3.63) is 94.7 Å². The average molecular weight is 549 g/mol. The zero-order valence-corrected chi connectivity index (χ0v) is 22.7. The van der Waals surface area contributed by atoms with Gasteiger partial charge < -0.3 is 14.4 Å². The molecule has 3 heterocycles. The van der Waals surface area contributed by atoms with Crippen LogP contribution < -0.4 is 24.5 Å². The van der Waals surface area contributed by atoms with Gasteiger partial charge in [-0.2, -0.15) is 0 Å². The maximum atomic E-state index is 14.0. The second-order valence-electron chi connectivity index (χ2n) is 9.27. The number of carbonyl (C=O) groups is 1. The molecule has 3 aromatic rings. The zero-order valence-electron chi connectivity index (χ0n) is 21.9. The second-order valence-corrected chi connectivity index (χ2v) is 10.3. The Morgan fingerprint density at radius 2 is 2.00 bits per heavy atom. The Hall–Kier alpha value is -4.25. The number of ether oxygens (including phenoxy) is 2. The molecule has 0 spiro atoms. The summed E-state index contributed by atoms with van der Waals surface area (Å²) in [5.41, 5.74) is 2.45. The van der Waals surface area contributed by atoms with E-state index in [4.69, 9.17) is 9.47 Å². The van der Waals surface area contributed by atoms with E-state index in [1.807, 2.05) is 6.07 Å². The lowest BCUT2D eigenvalue weighted by atomic mass is 9.95. The summed E-state index contributed by atoms with van der Waals surface area (Å²) >= 11 is 1.18. The molecule has 10 nitrogen and oxygen atoms in total. The summed E-state index contributed by atoms with van der Waals surface area (Å²) in [6.45, 7) is 5.32. The van der Waals surface area contributed by atoms with Crippen LogP contribution in [-0.4, -0.2) is 42.3 Å². The van der Waals surface area contributed by atoms with Crippen LogP contribution >= 0.6 is 11.3 Å². The molecule has 0 N–H and O–H groups in total. The van der Waals surface area contributed by atoms with Crippen LogP contribution in [-0.2, 0) is 9.53 Å². The van der Waals surface area contributed by atoms with Gasteiger partial charge in [0.2, 0.25) is 0 Å². The third-order valence-electron chi connectivity index (χ3n) is 6.88. The van der Waals surface area contributed by atoms with Crippen LogP contribution in [0.4, 0.5) is 11.4 Å². The van der Waals surface area contributed by atoms with Crippen molar-refractivity contribution in [2.45, 2.75) is 32.7 Å². The van der Waals surface area contributed by atoms with E-state index < -0.39 is 16.9 Å². The second kappa shape index (κ2) is 10.9. The number of methoxy groups -OCH3 is 1. The van der Waals surface area contributed by atoms with Gasteiger partial charge in [0.05, 0.1) is 40.5 Å². The van der Waals surface area contributed by atoms with E-state index >= 15 is 0 Å². The number of nitro groups is 1. The summed E-state index contributed by atoms with van der Waals surface area (Å²) in [4.78, 5) is 45.4. The standard InChI is InChI=1S/C28H28N4O6S/c1-4-38-27(34)24-17(2)29-28-31(25(24)18-8-7-9-21(15-18)37-3)26(33)23(39-28)16-19-14-20(32(35)36)10-11-22(19)30-12-5-6-13-30/h7-11,14-16,25H,4-6,12-13H2,1-3H3. The molecular weight excluding hydrogens is 520 g/mol. The van der Waals surface area contributed by atoms with Crippen molar-refractivity contribution >= 4 is 34.8 Å². The molecule has 1 unspecified atom stereocenters. The smallest absolute Gasteiger partial charge is 0.338 e. The first-order chi connectivity index (χ1) is 18.8. The summed E-state index contributed by atoms with van der Waals surface area (Å²) in [7, 11) is 1.55. The molecule has 0 saturated carbocycles. The Morgan fingerprint density at radius 3 is 2.69 bits per heavy atom. The molecule has 11 heteroatoms. The molecular formula is C28H28N4O6S. The Balaban J connectivity index is 1.73. The Labute approximate surface area is 228 Å². The lowest BCUT2D eigenvalue weighted by Crippen LogP contribution is -2.40. The van der Waals surface area contributed by atoms with Gasteiger partial charge in [-0.15, -0.1) is 0 Å². The van der Waals surface area contributed by atoms with E-state index in [9.17, 15) is 19.7 Å². The first-order valence-electron chi connectivity index (χ1n) is 12.7. The van der Waals surface area contributed by atoms with E-state index in [2.05, 4.69) is 9.89 Å². The number of aromatic nitrogens is 1. The minimum Gasteiger partial charge on any atom is -0.497 e. The predicted molar refractivity (Wildman–Crippen MR) is 148 cm³/mol. The summed E-state index contributed by atoms with van der Waals surface area (Å²) in [6, 6.07) is 11.2. The van der Waals surface area contributed by atoms with Crippen molar-refractivity contribution in [2.75, 3.05) is 31.7 Å². The van der Waals surface area contributed by atoms with Gasteiger partial charge in [-0.1, -0.05) is 23.5 Å². The van der Waals surface area contributed by atoms with Crippen LogP contribution in [0.25, 0.3) is 6.08 Å². The highest BCUT2D eigenvalue weighted by atomic mass is 32.1. The SMILES string of the molecule is CCOC(=O)C1=C(C)N=c2sc(=Cc3cc([N+](=O)[O-])ccc3N3CCCC3)c(=O)n2C1c1cccc(OC)c1. The first-order valence-corrected chi connectivity index (χ1v) is 13.5. The average Bonchev–Trinajstić information content (AvgIpc) is 3.56. The molecule has 1 saturated heterocycles. The van der Waals surface area contributed by atoms with E-state index in [0.29, 0.717) is 31.9 Å². The first kappa shape index (κ1) is 26.4. The zero-order chi connectivity index (χ0) is 27.7. The molecule has 0 bridgehead atoms. The van der Waals surface area contributed by atoms with Crippen molar-refractivity contribution in [2.24, 2.45) is 4.99 Å². The summed E-state index contributed by atoms with van der Waals surface area (Å²) < 4.78 is 12.6. The number of nitrogens with zero attached hydrogens (tertiary/aromatic N) is 4. The molecule has 0 aliphatic carbocycles. The number of thiazole rings is 1. The third kappa shape index (κ3) is 4.97. The van der Waals surface area contributed by atoms with Gasteiger partial charge >= 0.3 is 5.97 Å². The molecule has 2 aromatic carbocycles. The number of non-ortho nitro benzene ring substituents is 1. The molecule has 0 radical (unpaired) electrons. The highest BCUT2D eigenvalue weighted by molar-refractivity contribution is 7.07. The number of hydrogen-bond acceptors (Lipinski definition) is 9. The molecule has 1 atom stereocenters. The number of nitro benzene ring substituents is 1. The van der Waals surface area contributed by atoms with E-state index in [-0.39, 0.29) is 23.4 Å². The highest BCUT2D eigenvalue weighted by Gasteiger charge is 2.33. The topological polar surface area (TPSA) is 116 Å². The number of benzene rings is 2. The number of carbonyl (C=O) groups excluding carboxylic acids is 1. The minimum absolute atomic E-state index is 0.0494. The highest BCUT2D eigenvalue weighted by Crippen LogP contribution is 2.33. The van der Waals surface area contributed by atoms with Crippen molar-refractivity contribution < 1.29 is 19.2 Å². The lowest BCUT2D eigenvalue weighted by Gasteiger charge is -2.25. The summed E-state index contributed by atoms with van der Waals surface area (Å²) in [6.07, 6.45) is 3.76. The van der Waals surface area contributed by atoms with Crippen LogP contribution in [0.5, 0.6) is 5.75 Å². The Morgan fingerprint density at radius 1 is 1.23 bits per heavy atom. The molecule has 2 aliphatic heterocycles. The predicted octanol–water partition coefficient (Wildman–Crippen LogP) is 3.32. The van der Waals surface area contributed by atoms with Crippen molar-refractivity contribution in [1.82, 2.24) is 4.57 Å². The van der Waals surface area contributed by atoms with E-state index in [0.717, 1.165) is 31.6 Å². The van der Waals surface area contributed by atoms with E-state index in [1.54, 1.807) is 51.3 Å². The van der Waals surface area contributed by atoms with Crippen molar-refractivity contribution in [3.8, 4) is 5.75 Å². The van der Waals surface area contributed by atoms with Gasteiger partial charge in [-0.05, 0) is 56.5 Å². The molecule has 0 amide bonds. The summed E-state index contributed by atoms with van der Waals surface area (Å²) in [5.74, 6) is 0.0372. The normalized spacial score (nSPS) is 17.2. The third-order valence-corrected chi connectivity index (χ3v) is 7.86. The number of allylic oxidation sites excluding steroid dienone is 1. The van der Waals surface area contributed by atoms with Gasteiger partial charge in [0.1, 0.15) is 5.75 Å². The van der Waals surface area contributed by atoms with Crippen LogP contribution in [0.3, 0.4) is 0 Å². The largest absolute Gasteiger partial charge is 0.497 e. The Kier molecular flexibility index (Phi) is 7.34. The monoisotopic (exact) mass is 548 g/mol. The number of esters is 1. The van der Waals surface area contributed by atoms with E-state index in [1.165, 1.54) is 28.0 Å². The van der Waals surface area contributed by atoms with Crippen LogP contribution in [0.15, 0.2) is 63.5 Å². The fraction of sp³-hybridized carbons (Fsp3) is 0.321. The quantitative estimate of drug-likeness (QED) is 0.253. The van der Waals surface area contributed by atoms with Crippen molar-refractivity contribution in [3.63, 3.8) is 0 Å². The maximum Gasteiger partial charge on any atom is 0.338 e. The van der Waals surface area contributed by atoms with Crippen LogP contribution in [0.1, 0.15) is 43.9 Å². The van der Waals surface area contributed by atoms with Gasteiger partial charge in [-0.25, -0.2) is 9.79 Å². The number of hydrogen-bond donors (Lipinski definition) is 0. The maximum absolute atomic E-state index is 14.0. The molecule has 202 valence electrons. The van der Waals surface area contributed by atoms with Gasteiger partial charge in [-0.3, -0.25) is 19.5 Å². The molecule has 39 heavy (non-hydrogen) atoms. The number of anilines is 1. The van der Waals surface area contributed by atoms with Gasteiger partial charge in [0.15, 0.2) is 4.80 Å². The van der Waals surface area contributed by atoms with Crippen LogP contribution in [0.2, 0.25) is 0 Å². The lowest BCUT2D eigenvalue weighted by molar-refractivity contribution is -0.384. The van der Waals surface area contributed by atoms with Gasteiger partial charge in [0.25, 0.3) is 11.2 Å². The minimum atomic E-state index is -0.777. The number of rotatable bonds is 7.